The number of ketones is 1. The first kappa shape index (κ1) is 9.59. The fraction of sp³-hybridized carbons (Fsp3) is 0.857. The molecule has 0 aliphatic rings. The number of hydrogen-bond acceptors (Lipinski definition) is 3. The summed E-state index contributed by atoms with van der Waals surface area (Å²) in [6.45, 7) is 5.46. The average molecular weight is 145 g/mol. The zero-order valence-electron chi connectivity index (χ0n) is 6.72. The molecule has 60 valence electrons. The Morgan fingerprint density at radius 2 is 2.10 bits per heavy atom. The summed E-state index contributed by atoms with van der Waals surface area (Å²) in [5.41, 5.74) is 0. The van der Waals surface area contributed by atoms with Gasteiger partial charge in [-0.05, 0) is 20.8 Å². The first-order chi connectivity index (χ1) is 4.54. The molecular weight excluding hydrogens is 130 g/mol. The van der Waals surface area contributed by atoms with Gasteiger partial charge in [0.05, 0.1) is 12.1 Å². The summed E-state index contributed by atoms with van der Waals surface area (Å²) < 4.78 is 0. The van der Waals surface area contributed by atoms with Crippen LogP contribution in [0.4, 0.5) is 0 Å². The molecule has 0 aromatic rings. The van der Waals surface area contributed by atoms with Crippen molar-refractivity contribution in [2.45, 2.75) is 32.9 Å². The first-order valence-electron chi connectivity index (χ1n) is 3.46. The maximum absolute atomic E-state index is 10.6. The van der Waals surface area contributed by atoms with Crippen molar-refractivity contribution in [1.82, 2.24) is 5.32 Å². The highest BCUT2D eigenvalue weighted by Crippen LogP contribution is 1.84. The molecule has 0 rings (SSSR count). The number of nitrogens with one attached hydrogen (secondary N) is 1. The molecule has 0 saturated carbocycles. The van der Waals surface area contributed by atoms with Gasteiger partial charge in [-0.1, -0.05) is 0 Å². The van der Waals surface area contributed by atoms with Crippen LogP contribution in [0.5, 0.6) is 0 Å². The number of carbonyl (C=O) groups excluding carboxylic acids is 1. The lowest BCUT2D eigenvalue weighted by Gasteiger charge is -2.11. The monoisotopic (exact) mass is 145 g/mol. The Morgan fingerprint density at radius 3 is 2.40 bits per heavy atom. The molecule has 0 bridgehead atoms. The van der Waals surface area contributed by atoms with Crippen molar-refractivity contribution in [3.63, 3.8) is 0 Å². The summed E-state index contributed by atoms with van der Waals surface area (Å²) in [6, 6.07) is -0.144. The van der Waals surface area contributed by atoms with Crippen LogP contribution in [0.1, 0.15) is 20.8 Å². The van der Waals surface area contributed by atoms with E-state index >= 15 is 0 Å². The van der Waals surface area contributed by atoms with E-state index in [4.69, 9.17) is 5.11 Å². The number of hydrogen-bond donors (Lipinski definition) is 2. The molecule has 0 spiro atoms. The standard InChI is InChI=1S/C7H15NO2/c1-5(9)4-8-6(2)7(3)10/h5-6,8-9H,4H2,1-3H3. The summed E-state index contributed by atoms with van der Waals surface area (Å²) in [5, 5.41) is 11.7. The highest BCUT2D eigenvalue weighted by Gasteiger charge is 2.06. The number of aliphatic hydroxyl groups excluding tert-OH is 1. The lowest BCUT2D eigenvalue weighted by molar-refractivity contribution is -0.118. The van der Waals surface area contributed by atoms with Crippen molar-refractivity contribution in [1.29, 1.82) is 0 Å². The number of Topliss-reactive ketones (excluding diaryl/α,β-unsaturated/α-hetero) is 1. The molecule has 0 radical (unpaired) electrons. The van der Waals surface area contributed by atoms with Crippen LogP contribution in [0.25, 0.3) is 0 Å². The zero-order valence-corrected chi connectivity index (χ0v) is 6.72. The van der Waals surface area contributed by atoms with Crippen molar-refractivity contribution in [2.75, 3.05) is 6.54 Å². The van der Waals surface area contributed by atoms with Crippen LogP contribution < -0.4 is 5.32 Å². The molecule has 3 nitrogen and oxygen atoms in total. The molecular formula is C7H15NO2. The van der Waals surface area contributed by atoms with Crippen molar-refractivity contribution in [3.8, 4) is 0 Å². The van der Waals surface area contributed by atoms with Crippen LogP contribution in [0.15, 0.2) is 0 Å². The van der Waals surface area contributed by atoms with Gasteiger partial charge in [-0.3, -0.25) is 4.79 Å². The summed E-state index contributed by atoms with van der Waals surface area (Å²) >= 11 is 0. The number of aliphatic hydroxyl groups is 1. The van der Waals surface area contributed by atoms with Crippen molar-refractivity contribution in [2.24, 2.45) is 0 Å². The van der Waals surface area contributed by atoms with E-state index in [1.54, 1.807) is 13.8 Å². The maximum Gasteiger partial charge on any atom is 0.146 e. The van der Waals surface area contributed by atoms with Crippen LogP contribution in [-0.2, 0) is 4.79 Å². The molecule has 0 saturated heterocycles. The lowest BCUT2D eigenvalue weighted by Crippen LogP contribution is -2.36. The summed E-state index contributed by atoms with van der Waals surface area (Å²) in [5.74, 6) is 0.0978. The molecule has 0 aliphatic carbocycles. The predicted octanol–water partition coefficient (Wildman–Crippen LogP) is -0.0657. The third-order valence-corrected chi connectivity index (χ3v) is 1.33. The fourth-order valence-electron chi connectivity index (χ4n) is 0.491. The predicted molar refractivity (Wildman–Crippen MR) is 39.8 cm³/mol. The van der Waals surface area contributed by atoms with Crippen LogP contribution in [0.3, 0.4) is 0 Å². The minimum Gasteiger partial charge on any atom is -0.392 e. The largest absolute Gasteiger partial charge is 0.392 e. The Bertz CT molecular complexity index is 112. The average Bonchev–Trinajstić information content (AvgIpc) is 1.82. The third kappa shape index (κ3) is 4.47. The van der Waals surface area contributed by atoms with Crippen molar-refractivity contribution in [3.05, 3.63) is 0 Å². The van der Waals surface area contributed by atoms with Crippen molar-refractivity contribution >= 4 is 5.78 Å². The second-order valence-electron chi connectivity index (χ2n) is 2.59. The summed E-state index contributed by atoms with van der Waals surface area (Å²) in [7, 11) is 0. The Hall–Kier alpha value is -0.410. The topological polar surface area (TPSA) is 49.3 Å². The van der Waals surface area contributed by atoms with Crippen LogP contribution in [0.2, 0.25) is 0 Å². The SMILES string of the molecule is CC(=O)C(C)NCC(C)O. The van der Waals surface area contributed by atoms with Gasteiger partial charge in [0.2, 0.25) is 0 Å². The van der Waals surface area contributed by atoms with E-state index in [1.807, 2.05) is 0 Å². The quantitative estimate of drug-likeness (QED) is 0.582. The van der Waals surface area contributed by atoms with Crippen LogP contribution >= 0.6 is 0 Å². The molecule has 2 unspecified atom stereocenters. The van der Waals surface area contributed by atoms with Gasteiger partial charge in [0, 0.05) is 6.54 Å². The first-order valence-corrected chi connectivity index (χ1v) is 3.46. The van der Waals surface area contributed by atoms with Gasteiger partial charge in [-0.15, -0.1) is 0 Å². The van der Waals surface area contributed by atoms with Gasteiger partial charge in [0.1, 0.15) is 5.78 Å². The molecule has 2 atom stereocenters. The van der Waals surface area contributed by atoms with Gasteiger partial charge in [0.15, 0.2) is 0 Å². The molecule has 0 aromatic heterocycles. The smallest absolute Gasteiger partial charge is 0.146 e. The molecule has 0 aliphatic heterocycles. The van der Waals surface area contributed by atoms with Crippen molar-refractivity contribution < 1.29 is 9.90 Å². The maximum atomic E-state index is 10.6. The number of carbonyl (C=O) groups is 1. The van der Waals surface area contributed by atoms with E-state index in [2.05, 4.69) is 5.32 Å². The van der Waals surface area contributed by atoms with Gasteiger partial charge < -0.3 is 10.4 Å². The summed E-state index contributed by atoms with van der Waals surface area (Å²) in [6.07, 6.45) is -0.387. The van der Waals surface area contributed by atoms with E-state index in [-0.39, 0.29) is 17.9 Å². The van der Waals surface area contributed by atoms with Crippen LogP contribution in [-0.4, -0.2) is 29.6 Å². The van der Waals surface area contributed by atoms with Gasteiger partial charge >= 0.3 is 0 Å². The minimum absolute atomic E-state index is 0.0978. The van der Waals surface area contributed by atoms with E-state index in [0.717, 1.165) is 0 Å². The Balaban J connectivity index is 3.40. The molecule has 0 amide bonds. The second kappa shape index (κ2) is 4.41. The Labute approximate surface area is 61.4 Å². The van der Waals surface area contributed by atoms with E-state index in [0.29, 0.717) is 6.54 Å². The fourth-order valence-corrected chi connectivity index (χ4v) is 0.491. The van der Waals surface area contributed by atoms with E-state index < -0.39 is 0 Å². The summed E-state index contributed by atoms with van der Waals surface area (Å²) in [4.78, 5) is 10.6. The molecule has 10 heavy (non-hydrogen) atoms. The minimum atomic E-state index is -0.387. The van der Waals surface area contributed by atoms with Gasteiger partial charge in [-0.2, -0.15) is 0 Å². The molecule has 0 fully saturated rings. The zero-order chi connectivity index (χ0) is 8.15. The van der Waals surface area contributed by atoms with Gasteiger partial charge in [-0.25, -0.2) is 0 Å². The molecule has 0 heterocycles. The van der Waals surface area contributed by atoms with E-state index in [1.165, 1.54) is 6.92 Å². The highest BCUT2D eigenvalue weighted by atomic mass is 16.3. The van der Waals surface area contributed by atoms with E-state index in [9.17, 15) is 4.79 Å². The van der Waals surface area contributed by atoms with Gasteiger partial charge in [0.25, 0.3) is 0 Å². The Morgan fingerprint density at radius 1 is 1.60 bits per heavy atom. The Kier molecular flexibility index (Phi) is 4.23. The normalized spacial score (nSPS) is 16.4. The number of rotatable bonds is 4. The van der Waals surface area contributed by atoms with Crippen LogP contribution in [0, 0.1) is 0 Å². The molecule has 3 heteroatoms. The second-order valence-corrected chi connectivity index (χ2v) is 2.59. The lowest BCUT2D eigenvalue weighted by atomic mass is 10.2. The third-order valence-electron chi connectivity index (χ3n) is 1.33. The molecule has 2 N–H and O–H groups in total. The highest BCUT2D eigenvalue weighted by molar-refractivity contribution is 5.80. The molecule has 0 aromatic carbocycles.